The molecule has 9 heteroatoms. The van der Waals surface area contributed by atoms with E-state index in [2.05, 4.69) is 4.98 Å². The molecule has 1 amide bonds. The van der Waals surface area contributed by atoms with Crippen LogP contribution in [0.3, 0.4) is 0 Å². The van der Waals surface area contributed by atoms with Crippen LogP contribution in [0.5, 0.6) is 0 Å². The van der Waals surface area contributed by atoms with Crippen molar-refractivity contribution in [2.45, 2.75) is 26.7 Å². The van der Waals surface area contributed by atoms with Crippen molar-refractivity contribution in [3.63, 3.8) is 0 Å². The number of hydrogen-bond acceptors (Lipinski definition) is 8. The zero-order chi connectivity index (χ0) is 20.1. The molecule has 152 valence electrons. The van der Waals surface area contributed by atoms with Gasteiger partial charge in [0.1, 0.15) is 6.07 Å². The SMILES string of the molecule is CCOC(=O)CN(CC(=O)N1CCN(c2oc(C)nc2C#N)CC1)CC1CC1. The monoisotopic (exact) mass is 389 g/mol. The number of rotatable bonds is 8. The van der Waals surface area contributed by atoms with E-state index in [4.69, 9.17) is 9.15 Å². The summed E-state index contributed by atoms with van der Waals surface area (Å²) < 4.78 is 10.6. The van der Waals surface area contributed by atoms with Gasteiger partial charge in [-0.1, -0.05) is 0 Å². The first-order valence-corrected chi connectivity index (χ1v) is 9.78. The summed E-state index contributed by atoms with van der Waals surface area (Å²) in [4.78, 5) is 34.3. The second kappa shape index (κ2) is 9.06. The molecule has 1 aromatic heterocycles. The van der Waals surface area contributed by atoms with E-state index in [1.807, 2.05) is 15.9 Å². The van der Waals surface area contributed by atoms with Crippen molar-refractivity contribution in [2.75, 3.05) is 57.3 Å². The minimum absolute atomic E-state index is 0.0128. The maximum Gasteiger partial charge on any atom is 0.320 e. The molecule has 1 saturated carbocycles. The number of ether oxygens (including phenoxy) is 1. The molecule has 0 unspecified atom stereocenters. The summed E-state index contributed by atoms with van der Waals surface area (Å²) in [7, 11) is 0. The Bertz CT molecular complexity index is 744. The number of aryl methyl sites for hydroxylation is 1. The lowest BCUT2D eigenvalue weighted by Crippen LogP contribution is -2.52. The first kappa shape index (κ1) is 20.1. The van der Waals surface area contributed by atoms with Gasteiger partial charge in [0.05, 0.1) is 19.7 Å². The lowest BCUT2D eigenvalue weighted by molar-refractivity contribution is -0.145. The molecule has 2 aliphatic rings. The third-order valence-electron chi connectivity index (χ3n) is 4.97. The van der Waals surface area contributed by atoms with E-state index in [0.29, 0.717) is 50.5 Å². The smallest absolute Gasteiger partial charge is 0.320 e. The number of piperazine rings is 1. The summed E-state index contributed by atoms with van der Waals surface area (Å²) >= 11 is 0. The van der Waals surface area contributed by atoms with Crippen LogP contribution in [0.1, 0.15) is 31.4 Å². The number of carbonyl (C=O) groups is 2. The van der Waals surface area contributed by atoms with Crippen LogP contribution in [0.2, 0.25) is 0 Å². The van der Waals surface area contributed by atoms with Gasteiger partial charge >= 0.3 is 5.97 Å². The van der Waals surface area contributed by atoms with E-state index >= 15 is 0 Å². The van der Waals surface area contributed by atoms with Gasteiger partial charge in [-0.2, -0.15) is 5.26 Å². The van der Waals surface area contributed by atoms with Crippen LogP contribution >= 0.6 is 0 Å². The molecule has 2 heterocycles. The second-order valence-electron chi connectivity index (χ2n) is 7.28. The van der Waals surface area contributed by atoms with Gasteiger partial charge in [0, 0.05) is 39.6 Å². The molecule has 1 saturated heterocycles. The van der Waals surface area contributed by atoms with Crippen LogP contribution in [-0.2, 0) is 14.3 Å². The summed E-state index contributed by atoms with van der Waals surface area (Å²) in [5.74, 6) is 1.24. The Balaban J connectivity index is 1.53. The molecule has 1 aliphatic heterocycles. The molecule has 3 rings (SSSR count). The number of esters is 1. The third kappa shape index (κ3) is 5.23. The first-order chi connectivity index (χ1) is 13.5. The van der Waals surface area contributed by atoms with E-state index in [0.717, 1.165) is 19.4 Å². The summed E-state index contributed by atoms with van der Waals surface area (Å²) in [5.41, 5.74) is 0.280. The van der Waals surface area contributed by atoms with Crippen molar-refractivity contribution < 1.29 is 18.7 Å². The average molecular weight is 389 g/mol. The fourth-order valence-corrected chi connectivity index (χ4v) is 3.39. The lowest BCUT2D eigenvalue weighted by Gasteiger charge is -2.35. The van der Waals surface area contributed by atoms with Crippen LogP contribution in [0, 0.1) is 24.2 Å². The van der Waals surface area contributed by atoms with Gasteiger partial charge < -0.3 is 19.0 Å². The normalized spacial score (nSPS) is 16.9. The van der Waals surface area contributed by atoms with E-state index in [1.54, 1.807) is 18.7 Å². The minimum Gasteiger partial charge on any atom is -0.465 e. The topological polar surface area (TPSA) is 103 Å². The fourth-order valence-electron chi connectivity index (χ4n) is 3.39. The average Bonchev–Trinajstić information content (AvgIpc) is 3.40. The van der Waals surface area contributed by atoms with Gasteiger partial charge in [0.2, 0.25) is 17.5 Å². The van der Waals surface area contributed by atoms with Crippen LogP contribution in [0.15, 0.2) is 4.42 Å². The predicted octanol–water partition coefficient (Wildman–Crippen LogP) is 0.778. The molecule has 0 atom stereocenters. The molecule has 0 N–H and O–H groups in total. The highest BCUT2D eigenvalue weighted by Gasteiger charge is 2.30. The summed E-state index contributed by atoms with van der Waals surface area (Å²) in [5, 5.41) is 9.18. The van der Waals surface area contributed by atoms with Gasteiger partial charge in [-0.15, -0.1) is 0 Å². The largest absolute Gasteiger partial charge is 0.465 e. The first-order valence-electron chi connectivity index (χ1n) is 9.78. The Hall–Kier alpha value is -2.60. The van der Waals surface area contributed by atoms with E-state index in [-0.39, 0.29) is 30.7 Å². The van der Waals surface area contributed by atoms with Gasteiger partial charge in [-0.3, -0.25) is 14.5 Å². The highest BCUT2D eigenvalue weighted by atomic mass is 16.5. The predicted molar refractivity (Wildman–Crippen MR) is 101 cm³/mol. The van der Waals surface area contributed by atoms with Crippen LogP contribution < -0.4 is 4.90 Å². The van der Waals surface area contributed by atoms with Crippen molar-refractivity contribution in [1.29, 1.82) is 5.26 Å². The van der Waals surface area contributed by atoms with E-state index < -0.39 is 0 Å². The van der Waals surface area contributed by atoms with Crippen molar-refractivity contribution >= 4 is 17.8 Å². The maximum atomic E-state index is 12.7. The third-order valence-corrected chi connectivity index (χ3v) is 4.97. The van der Waals surface area contributed by atoms with E-state index in [9.17, 15) is 14.9 Å². The molecule has 0 aromatic carbocycles. The summed E-state index contributed by atoms with van der Waals surface area (Å²) in [6, 6.07) is 2.05. The van der Waals surface area contributed by atoms with Crippen LogP contribution in [-0.4, -0.2) is 79.1 Å². The lowest BCUT2D eigenvalue weighted by atomic mass is 10.2. The zero-order valence-electron chi connectivity index (χ0n) is 16.5. The molecule has 9 nitrogen and oxygen atoms in total. The molecule has 1 aliphatic carbocycles. The maximum absolute atomic E-state index is 12.7. The molecular formula is C19H27N5O4. The number of amides is 1. The van der Waals surface area contributed by atoms with Crippen LogP contribution in [0.4, 0.5) is 5.88 Å². The summed E-state index contributed by atoms with van der Waals surface area (Å²) in [6.07, 6.45) is 2.31. The van der Waals surface area contributed by atoms with Crippen molar-refractivity contribution in [3.05, 3.63) is 11.6 Å². The number of aromatic nitrogens is 1. The van der Waals surface area contributed by atoms with E-state index in [1.165, 1.54) is 0 Å². The van der Waals surface area contributed by atoms with Crippen molar-refractivity contribution in [1.82, 2.24) is 14.8 Å². The molecule has 0 radical (unpaired) electrons. The number of hydrogen-bond donors (Lipinski definition) is 0. The Morgan fingerprint density at radius 3 is 2.61 bits per heavy atom. The highest BCUT2D eigenvalue weighted by molar-refractivity contribution is 5.79. The van der Waals surface area contributed by atoms with Crippen molar-refractivity contribution in [2.24, 2.45) is 5.92 Å². The number of nitrogens with zero attached hydrogens (tertiary/aromatic N) is 5. The molecule has 0 bridgehead atoms. The van der Waals surface area contributed by atoms with Gasteiger partial charge in [-0.05, 0) is 25.7 Å². The Morgan fingerprint density at radius 1 is 1.29 bits per heavy atom. The standard InChI is InChI=1S/C19H27N5O4/c1-3-27-18(26)13-22(11-15-4-5-15)12-17(25)23-6-8-24(9-7-23)19-16(10-20)21-14(2)28-19/h15H,3-9,11-13H2,1-2H3. The van der Waals surface area contributed by atoms with Crippen molar-refractivity contribution in [3.8, 4) is 6.07 Å². The Labute approximate surface area is 164 Å². The Kier molecular flexibility index (Phi) is 6.52. The molecule has 2 fully saturated rings. The quantitative estimate of drug-likeness (QED) is 0.601. The minimum atomic E-state index is -0.287. The number of carbonyl (C=O) groups excluding carboxylic acids is 2. The second-order valence-corrected chi connectivity index (χ2v) is 7.28. The zero-order valence-corrected chi connectivity index (χ0v) is 16.5. The fraction of sp³-hybridized carbons (Fsp3) is 0.684. The highest BCUT2D eigenvalue weighted by Crippen LogP contribution is 2.29. The summed E-state index contributed by atoms with van der Waals surface area (Å²) in [6.45, 7) is 7.21. The number of oxazole rings is 1. The molecular weight excluding hydrogens is 362 g/mol. The van der Waals surface area contributed by atoms with Crippen LogP contribution in [0.25, 0.3) is 0 Å². The number of nitriles is 1. The molecule has 28 heavy (non-hydrogen) atoms. The molecule has 1 aromatic rings. The molecule has 0 spiro atoms. The number of anilines is 1. The van der Waals surface area contributed by atoms with Gasteiger partial charge in [0.25, 0.3) is 0 Å². The Morgan fingerprint density at radius 2 is 2.00 bits per heavy atom. The van der Waals surface area contributed by atoms with Gasteiger partial charge in [-0.25, -0.2) is 4.98 Å². The van der Waals surface area contributed by atoms with Gasteiger partial charge in [0.15, 0.2) is 5.89 Å².